The number of nitrogens with one attached hydrogen (secondary N) is 1. The summed E-state index contributed by atoms with van der Waals surface area (Å²) in [7, 11) is -3.85. The van der Waals surface area contributed by atoms with Gasteiger partial charge in [0.15, 0.2) is 10.9 Å². The van der Waals surface area contributed by atoms with E-state index in [1.54, 1.807) is 0 Å². The summed E-state index contributed by atoms with van der Waals surface area (Å²) in [5.41, 5.74) is 0. The zero-order valence-electron chi connectivity index (χ0n) is 13.8. The van der Waals surface area contributed by atoms with E-state index in [0.717, 1.165) is 0 Å². The van der Waals surface area contributed by atoms with Crippen LogP contribution in [0, 0.1) is 0 Å². The molecule has 9 nitrogen and oxygen atoms in total. The minimum atomic E-state index is -3.85. The van der Waals surface area contributed by atoms with Crippen molar-refractivity contribution < 1.29 is 18.0 Å². The van der Waals surface area contributed by atoms with Crippen molar-refractivity contribution in [2.45, 2.75) is 56.7 Å². The highest BCUT2D eigenvalue weighted by molar-refractivity contribution is 7.89. The fraction of sp³-hybridized carbons (Fsp3) is 0.643. The van der Waals surface area contributed by atoms with E-state index in [1.165, 1.54) is 10.5 Å². The number of rotatable bonds is 5. The number of hydrogen-bond donors (Lipinski definition) is 2. The Balaban J connectivity index is 1.94. The molecule has 1 aliphatic rings. The predicted molar refractivity (Wildman–Crippen MR) is 83.6 cm³/mol. The maximum absolute atomic E-state index is 12.9. The van der Waals surface area contributed by atoms with Crippen LogP contribution in [0.5, 0.6) is 0 Å². The van der Waals surface area contributed by atoms with Gasteiger partial charge in [0.2, 0.25) is 5.89 Å². The van der Waals surface area contributed by atoms with Gasteiger partial charge in [-0.2, -0.15) is 9.29 Å². The number of aromatic amines is 1. The maximum atomic E-state index is 12.9. The molecule has 1 aliphatic heterocycles. The van der Waals surface area contributed by atoms with E-state index >= 15 is 0 Å². The molecule has 0 aliphatic carbocycles. The fourth-order valence-electron chi connectivity index (χ4n) is 2.69. The SMILES string of the molecule is CCc1noc([C@H]2C[C@H](O)CN2S(=O)(=O)c2cnc(C(C)C)[nH]2)n1. The van der Waals surface area contributed by atoms with Crippen LogP contribution in [0.1, 0.15) is 56.7 Å². The number of hydrogen-bond acceptors (Lipinski definition) is 7. The predicted octanol–water partition coefficient (Wildman–Crippen LogP) is 0.975. The molecule has 0 aromatic carbocycles. The largest absolute Gasteiger partial charge is 0.392 e. The van der Waals surface area contributed by atoms with Crippen molar-refractivity contribution in [1.29, 1.82) is 0 Å². The van der Waals surface area contributed by atoms with E-state index in [9.17, 15) is 13.5 Å². The van der Waals surface area contributed by atoms with E-state index < -0.39 is 22.2 Å². The van der Waals surface area contributed by atoms with Crippen LogP contribution >= 0.6 is 0 Å². The zero-order chi connectivity index (χ0) is 17.5. The third kappa shape index (κ3) is 2.96. The van der Waals surface area contributed by atoms with Crippen LogP contribution in [0.15, 0.2) is 15.7 Å². The van der Waals surface area contributed by atoms with Gasteiger partial charge in [-0.1, -0.05) is 25.9 Å². The molecular formula is C14H21N5O4S. The van der Waals surface area contributed by atoms with Crippen LogP contribution in [-0.2, 0) is 16.4 Å². The second-order valence-corrected chi connectivity index (χ2v) is 8.03. The lowest BCUT2D eigenvalue weighted by molar-refractivity contribution is 0.188. The van der Waals surface area contributed by atoms with E-state index in [1.807, 2.05) is 20.8 Å². The Kier molecular flexibility index (Phi) is 4.45. The molecule has 10 heteroatoms. The summed E-state index contributed by atoms with van der Waals surface area (Å²) in [5, 5.41) is 13.8. The Morgan fingerprint density at radius 2 is 2.25 bits per heavy atom. The second-order valence-electron chi connectivity index (χ2n) is 6.17. The maximum Gasteiger partial charge on any atom is 0.260 e. The highest BCUT2D eigenvalue weighted by Gasteiger charge is 2.44. The first kappa shape index (κ1) is 17.1. The molecule has 1 saturated heterocycles. The molecule has 0 bridgehead atoms. The summed E-state index contributed by atoms with van der Waals surface area (Å²) in [4.78, 5) is 11.2. The number of aryl methyl sites for hydroxylation is 1. The highest BCUT2D eigenvalue weighted by Crippen LogP contribution is 2.35. The standard InChI is InChI=1S/C14H21N5O4S/c1-4-11-16-14(23-18-11)10-5-9(20)7-19(10)24(21,22)12-6-15-13(17-12)8(2)3/h6,8-10,20H,4-5,7H2,1-3H3,(H,15,17)/t9-,10+/m0/s1. The van der Waals surface area contributed by atoms with Crippen LogP contribution in [0.3, 0.4) is 0 Å². The van der Waals surface area contributed by atoms with Crippen LogP contribution in [0.25, 0.3) is 0 Å². The molecule has 132 valence electrons. The molecule has 3 heterocycles. The average Bonchev–Trinajstić information content (AvgIpc) is 3.25. The summed E-state index contributed by atoms with van der Waals surface area (Å²) in [5.74, 6) is 1.39. The van der Waals surface area contributed by atoms with Gasteiger partial charge >= 0.3 is 0 Å². The number of nitrogens with zero attached hydrogens (tertiary/aromatic N) is 4. The monoisotopic (exact) mass is 355 g/mol. The van der Waals surface area contributed by atoms with Crippen molar-refractivity contribution in [3.8, 4) is 0 Å². The smallest absolute Gasteiger partial charge is 0.260 e. The number of β-amino-alcohol motifs (C(OH)–C–C–N with tert-alkyl or cyclic N) is 1. The van der Waals surface area contributed by atoms with Crippen molar-refractivity contribution in [2.75, 3.05) is 6.54 Å². The molecule has 0 radical (unpaired) electrons. The second kappa shape index (κ2) is 6.26. The van der Waals surface area contributed by atoms with Gasteiger partial charge in [-0.3, -0.25) is 0 Å². The van der Waals surface area contributed by atoms with Crippen molar-refractivity contribution in [2.24, 2.45) is 0 Å². The summed E-state index contributed by atoms with van der Waals surface area (Å²) in [6.45, 7) is 5.70. The van der Waals surface area contributed by atoms with Crippen LogP contribution in [0.2, 0.25) is 0 Å². The lowest BCUT2D eigenvalue weighted by Crippen LogP contribution is -2.32. The minimum Gasteiger partial charge on any atom is -0.392 e. The number of aliphatic hydroxyl groups excluding tert-OH is 1. The Bertz CT molecular complexity index is 813. The molecule has 0 amide bonds. The van der Waals surface area contributed by atoms with E-state index in [2.05, 4.69) is 20.1 Å². The molecule has 2 N–H and O–H groups in total. The summed E-state index contributed by atoms with van der Waals surface area (Å²) in [6.07, 6.45) is 1.33. The normalized spacial score (nSPS) is 22.5. The number of sulfonamides is 1. The van der Waals surface area contributed by atoms with Gasteiger partial charge in [-0.15, -0.1) is 0 Å². The molecule has 0 saturated carbocycles. The lowest BCUT2D eigenvalue weighted by Gasteiger charge is -2.19. The van der Waals surface area contributed by atoms with Gasteiger partial charge in [0.05, 0.1) is 12.3 Å². The Labute approximate surface area is 140 Å². The number of aliphatic hydroxyl groups is 1. The molecule has 1 fully saturated rings. The van der Waals surface area contributed by atoms with Crippen molar-refractivity contribution in [3.63, 3.8) is 0 Å². The van der Waals surface area contributed by atoms with Gasteiger partial charge < -0.3 is 14.6 Å². The molecule has 0 spiro atoms. The average molecular weight is 355 g/mol. The van der Waals surface area contributed by atoms with Gasteiger partial charge in [0, 0.05) is 25.3 Å². The van der Waals surface area contributed by atoms with E-state index in [0.29, 0.717) is 18.1 Å². The van der Waals surface area contributed by atoms with Crippen LogP contribution < -0.4 is 0 Å². The van der Waals surface area contributed by atoms with Gasteiger partial charge in [-0.05, 0) is 0 Å². The van der Waals surface area contributed by atoms with Crippen molar-refractivity contribution >= 4 is 10.0 Å². The summed E-state index contributed by atoms with van der Waals surface area (Å²) >= 11 is 0. The van der Waals surface area contributed by atoms with Crippen molar-refractivity contribution in [1.82, 2.24) is 24.4 Å². The Morgan fingerprint density at radius 3 is 2.83 bits per heavy atom. The zero-order valence-corrected chi connectivity index (χ0v) is 14.6. The number of imidazole rings is 1. The number of H-pyrrole nitrogens is 1. The van der Waals surface area contributed by atoms with Gasteiger partial charge in [0.25, 0.3) is 10.0 Å². The summed E-state index contributed by atoms with van der Waals surface area (Å²) in [6, 6.07) is -0.677. The summed E-state index contributed by atoms with van der Waals surface area (Å²) < 4.78 is 32.2. The van der Waals surface area contributed by atoms with Crippen molar-refractivity contribution in [3.05, 3.63) is 23.7 Å². The first-order valence-corrected chi connectivity index (χ1v) is 9.34. The third-order valence-electron chi connectivity index (χ3n) is 4.02. The van der Waals surface area contributed by atoms with Crippen LogP contribution in [-0.4, -0.2) is 50.6 Å². The van der Waals surface area contributed by atoms with Gasteiger partial charge in [0.1, 0.15) is 11.9 Å². The lowest BCUT2D eigenvalue weighted by atomic mass is 10.2. The Morgan fingerprint density at radius 1 is 1.50 bits per heavy atom. The fourth-order valence-corrected chi connectivity index (χ4v) is 4.24. The number of aromatic nitrogens is 4. The third-order valence-corrected chi connectivity index (χ3v) is 5.81. The molecule has 0 unspecified atom stereocenters. The first-order chi connectivity index (χ1) is 11.3. The molecule has 24 heavy (non-hydrogen) atoms. The molecule has 2 atom stereocenters. The highest BCUT2D eigenvalue weighted by atomic mass is 32.2. The molecular weight excluding hydrogens is 334 g/mol. The quantitative estimate of drug-likeness (QED) is 0.818. The van der Waals surface area contributed by atoms with Gasteiger partial charge in [-0.25, -0.2) is 13.4 Å². The first-order valence-electron chi connectivity index (χ1n) is 7.90. The molecule has 2 aromatic rings. The van der Waals surface area contributed by atoms with Crippen LogP contribution in [0.4, 0.5) is 0 Å². The molecule has 2 aromatic heterocycles. The van der Waals surface area contributed by atoms with E-state index in [-0.39, 0.29) is 29.8 Å². The topological polar surface area (TPSA) is 125 Å². The van der Waals surface area contributed by atoms with E-state index in [4.69, 9.17) is 4.52 Å². The Hall–Kier alpha value is -1.78. The molecule has 3 rings (SSSR count). The minimum absolute atomic E-state index is 0.000491.